The molecule has 0 amide bonds. The SMILES string of the molecule is Cc1nc2cc(-c3ccc4ncc(N5CC(N6CCNC(C)(C)C6)C5)cc4n3)ccc2o1. The Balaban J connectivity index is 1.23. The lowest BCUT2D eigenvalue weighted by Crippen LogP contribution is -2.67. The summed E-state index contributed by atoms with van der Waals surface area (Å²) in [6.45, 7) is 11.8. The molecule has 2 saturated heterocycles. The maximum atomic E-state index is 5.60. The van der Waals surface area contributed by atoms with Crippen LogP contribution in [0.25, 0.3) is 33.4 Å². The first kappa shape index (κ1) is 19.6. The van der Waals surface area contributed by atoms with E-state index in [9.17, 15) is 0 Å². The summed E-state index contributed by atoms with van der Waals surface area (Å²) in [4.78, 5) is 19.1. The predicted octanol–water partition coefficient (Wildman–Crippen LogP) is 3.62. The smallest absolute Gasteiger partial charge is 0.192 e. The Bertz CT molecular complexity index is 1310. The number of anilines is 1. The fourth-order valence-electron chi connectivity index (χ4n) is 4.92. The first-order valence-corrected chi connectivity index (χ1v) is 11.3. The van der Waals surface area contributed by atoms with Gasteiger partial charge in [0.2, 0.25) is 0 Å². The summed E-state index contributed by atoms with van der Waals surface area (Å²) in [5.74, 6) is 0.676. The summed E-state index contributed by atoms with van der Waals surface area (Å²) >= 11 is 0. The fraction of sp³-hybridized carbons (Fsp3) is 0.400. The predicted molar refractivity (Wildman–Crippen MR) is 127 cm³/mol. The van der Waals surface area contributed by atoms with Crippen molar-refractivity contribution in [1.29, 1.82) is 0 Å². The Morgan fingerprint density at radius 3 is 2.75 bits per heavy atom. The molecule has 5 heterocycles. The number of pyridine rings is 2. The quantitative estimate of drug-likeness (QED) is 0.534. The molecule has 2 aliphatic rings. The van der Waals surface area contributed by atoms with Gasteiger partial charge in [-0.05, 0) is 50.2 Å². The van der Waals surface area contributed by atoms with Crippen LogP contribution in [0.5, 0.6) is 0 Å². The molecule has 0 spiro atoms. The summed E-state index contributed by atoms with van der Waals surface area (Å²) in [6, 6.07) is 12.9. The van der Waals surface area contributed by atoms with Crippen molar-refractivity contribution in [2.45, 2.75) is 32.4 Å². The van der Waals surface area contributed by atoms with Crippen LogP contribution >= 0.6 is 0 Å². The zero-order valence-corrected chi connectivity index (χ0v) is 18.8. The number of aromatic nitrogens is 3. The van der Waals surface area contributed by atoms with Gasteiger partial charge in [-0.2, -0.15) is 0 Å². The topological polar surface area (TPSA) is 70.3 Å². The van der Waals surface area contributed by atoms with Gasteiger partial charge < -0.3 is 14.6 Å². The van der Waals surface area contributed by atoms with E-state index in [1.54, 1.807) is 0 Å². The van der Waals surface area contributed by atoms with Gasteiger partial charge >= 0.3 is 0 Å². The molecular formula is C25H28N6O. The molecule has 1 N–H and O–H groups in total. The van der Waals surface area contributed by atoms with Gasteiger partial charge in [0.1, 0.15) is 5.52 Å². The molecule has 2 fully saturated rings. The number of benzene rings is 1. The van der Waals surface area contributed by atoms with Crippen molar-refractivity contribution in [2.75, 3.05) is 37.6 Å². The number of aryl methyl sites for hydroxylation is 1. The van der Waals surface area contributed by atoms with Gasteiger partial charge in [-0.15, -0.1) is 0 Å². The van der Waals surface area contributed by atoms with Gasteiger partial charge in [-0.25, -0.2) is 9.97 Å². The van der Waals surface area contributed by atoms with Crippen LogP contribution in [0, 0.1) is 6.92 Å². The minimum atomic E-state index is 0.192. The largest absolute Gasteiger partial charge is 0.441 e. The van der Waals surface area contributed by atoms with Crippen molar-refractivity contribution in [2.24, 2.45) is 0 Å². The average molecular weight is 429 g/mol. The van der Waals surface area contributed by atoms with Crippen molar-refractivity contribution < 1.29 is 4.42 Å². The number of nitrogens with zero attached hydrogens (tertiary/aromatic N) is 5. The number of oxazole rings is 1. The zero-order valence-electron chi connectivity index (χ0n) is 18.8. The van der Waals surface area contributed by atoms with E-state index in [0.29, 0.717) is 11.9 Å². The lowest BCUT2D eigenvalue weighted by Gasteiger charge is -2.50. The number of nitrogens with one attached hydrogen (secondary N) is 1. The second-order valence-electron chi connectivity index (χ2n) is 9.68. The summed E-state index contributed by atoms with van der Waals surface area (Å²) in [6.07, 6.45) is 1.98. The third-order valence-electron chi connectivity index (χ3n) is 6.66. The van der Waals surface area contributed by atoms with Gasteiger partial charge in [0.05, 0.1) is 28.6 Å². The second-order valence-corrected chi connectivity index (χ2v) is 9.68. The molecule has 0 saturated carbocycles. The Hall–Kier alpha value is -3.03. The molecule has 0 radical (unpaired) electrons. The molecule has 0 aliphatic carbocycles. The van der Waals surface area contributed by atoms with E-state index in [1.165, 1.54) is 0 Å². The molecule has 4 aromatic rings. The van der Waals surface area contributed by atoms with Crippen LogP contribution in [0.1, 0.15) is 19.7 Å². The van der Waals surface area contributed by atoms with E-state index >= 15 is 0 Å². The monoisotopic (exact) mass is 428 g/mol. The summed E-state index contributed by atoms with van der Waals surface area (Å²) in [5, 5.41) is 3.60. The maximum absolute atomic E-state index is 5.60. The summed E-state index contributed by atoms with van der Waals surface area (Å²) < 4.78 is 5.60. The molecule has 0 unspecified atom stereocenters. The van der Waals surface area contributed by atoms with Crippen molar-refractivity contribution in [3.05, 3.63) is 48.5 Å². The minimum absolute atomic E-state index is 0.192. The molecule has 7 nitrogen and oxygen atoms in total. The highest BCUT2D eigenvalue weighted by atomic mass is 16.3. The number of hydrogen-bond donors (Lipinski definition) is 1. The van der Waals surface area contributed by atoms with E-state index in [2.05, 4.69) is 45.0 Å². The first-order valence-electron chi connectivity index (χ1n) is 11.3. The molecule has 6 rings (SSSR count). The van der Waals surface area contributed by atoms with Gasteiger partial charge in [0.15, 0.2) is 11.5 Å². The van der Waals surface area contributed by atoms with E-state index in [4.69, 9.17) is 9.40 Å². The van der Waals surface area contributed by atoms with Crippen LogP contribution in [0.3, 0.4) is 0 Å². The summed E-state index contributed by atoms with van der Waals surface area (Å²) in [5.41, 5.74) is 6.78. The molecule has 3 aromatic heterocycles. The van der Waals surface area contributed by atoms with Gasteiger partial charge in [0.25, 0.3) is 0 Å². The van der Waals surface area contributed by atoms with Crippen molar-refractivity contribution in [3.8, 4) is 11.3 Å². The van der Waals surface area contributed by atoms with Gasteiger partial charge in [-0.1, -0.05) is 0 Å². The lowest BCUT2D eigenvalue weighted by atomic mass is 9.97. The van der Waals surface area contributed by atoms with E-state index < -0.39 is 0 Å². The normalized spacial score (nSPS) is 19.5. The Kier molecular flexibility index (Phi) is 4.45. The average Bonchev–Trinajstić information content (AvgIpc) is 3.10. The minimum Gasteiger partial charge on any atom is -0.441 e. The Morgan fingerprint density at radius 1 is 1.03 bits per heavy atom. The van der Waals surface area contributed by atoms with Crippen molar-refractivity contribution in [3.63, 3.8) is 0 Å². The van der Waals surface area contributed by atoms with E-state index in [-0.39, 0.29) is 5.54 Å². The van der Waals surface area contributed by atoms with Crippen molar-refractivity contribution >= 4 is 27.8 Å². The lowest BCUT2D eigenvalue weighted by molar-refractivity contribution is 0.0930. The molecule has 32 heavy (non-hydrogen) atoms. The number of fused-ring (bicyclic) bond motifs is 2. The van der Waals surface area contributed by atoms with Crippen LogP contribution < -0.4 is 10.2 Å². The second kappa shape index (κ2) is 7.25. The molecular weight excluding hydrogens is 400 g/mol. The van der Waals surface area contributed by atoms with Crippen molar-refractivity contribution in [1.82, 2.24) is 25.2 Å². The Morgan fingerprint density at radius 2 is 1.91 bits per heavy atom. The fourth-order valence-corrected chi connectivity index (χ4v) is 4.92. The van der Waals surface area contributed by atoms with Crippen LogP contribution in [0.4, 0.5) is 5.69 Å². The maximum Gasteiger partial charge on any atom is 0.192 e. The number of rotatable bonds is 3. The first-order chi connectivity index (χ1) is 15.4. The highest BCUT2D eigenvalue weighted by Gasteiger charge is 2.36. The van der Waals surface area contributed by atoms with Crippen LogP contribution in [0.2, 0.25) is 0 Å². The third-order valence-corrected chi connectivity index (χ3v) is 6.66. The molecule has 1 aromatic carbocycles. The van der Waals surface area contributed by atoms with Crippen LogP contribution in [-0.4, -0.2) is 64.2 Å². The van der Waals surface area contributed by atoms with Crippen LogP contribution in [-0.2, 0) is 0 Å². The molecule has 164 valence electrons. The molecule has 7 heteroatoms. The number of piperazine rings is 1. The van der Waals surface area contributed by atoms with Gasteiger partial charge in [-0.3, -0.25) is 9.88 Å². The van der Waals surface area contributed by atoms with E-state index in [0.717, 1.165) is 71.8 Å². The molecule has 0 bridgehead atoms. The molecule has 2 aliphatic heterocycles. The highest BCUT2D eigenvalue weighted by Crippen LogP contribution is 2.29. The Labute approximate surface area is 187 Å². The standard InChI is InChI=1S/C25H28N6O/c1-16-28-23-10-17(4-7-24(23)32-16)20-5-6-21-22(29-20)11-18(12-26-21)31-13-19(14-31)30-9-8-27-25(2,3)15-30/h4-7,10-12,19,27H,8-9,13-15H2,1-3H3. The molecule has 0 atom stereocenters. The van der Waals surface area contributed by atoms with E-state index in [1.807, 2.05) is 43.5 Å². The van der Waals surface area contributed by atoms with Gasteiger partial charge in [0, 0.05) is 56.8 Å². The highest BCUT2D eigenvalue weighted by molar-refractivity contribution is 5.84. The third kappa shape index (κ3) is 3.51. The summed E-state index contributed by atoms with van der Waals surface area (Å²) in [7, 11) is 0. The number of hydrogen-bond acceptors (Lipinski definition) is 7. The zero-order chi connectivity index (χ0) is 21.9. The van der Waals surface area contributed by atoms with Crippen LogP contribution in [0.15, 0.2) is 47.0 Å².